The van der Waals surface area contributed by atoms with Gasteiger partial charge in [0.25, 0.3) is 5.91 Å². The Morgan fingerprint density at radius 2 is 1.72 bits per heavy atom. The number of hydrogen-bond acceptors (Lipinski definition) is 6. The average molecular weight is 438 g/mol. The van der Waals surface area contributed by atoms with Gasteiger partial charge in [-0.25, -0.2) is 0 Å². The predicted octanol–water partition coefficient (Wildman–Crippen LogP) is 1.22. The molecule has 32 heavy (non-hydrogen) atoms. The van der Waals surface area contributed by atoms with Crippen molar-refractivity contribution in [1.29, 1.82) is 0 Å². The Morgan fingerprint density at radius 1 is 1.00 bits per heavy atom. The molecule has 0 fully saturated rings. The number of rotatable bonds is 10. The number of aliphatic hydroxyl groups excluding tert-OH is 3. The van der Waals surface area contributed by atoms with Crippen molar-refractivity contribution >= 4 is 5.91 Å². The van der Waals surface area contributed by atoms with Gasteiger partial charge in [-0.15, -0.1) is 0 Å². The van der Waals surface area contributed by atoms with Gasteiger partial charge in [0, 0.05) is 30.9 Å². The van der Waals surface area contributed by atoms with Crippen molar-refractivity contribution < 1.29 is 24.9 Å². The maximum atomic E-state index is 12.6. The first kappa shape index (κ1) is 23.2. The minimum atomic E-state index is -1.23. The van der Waals surface area contributed by atoms with Gasteiger partial charge in [-0.1, -0.05) is 42.5 Å². The summed E-state index contributed by atoms with van der Waals surface area (Å²) in [4.78, 5) is 24.6. The van der Waals surface area contributed by atoms with E-state index in [9.17, 15) is 19.8 Å². The molecule has 1 aromatic heterocycles. The molecule has 1 amide bonds. The molecule has 1 unspecified atom stereocenters. The SMILES string of the molecule is O=C(NCCO)c1ccc(C(O)c2c(OCc3ccccc3)c(=O)ccn2CCO)cc1. The number of aliphatic hydroxyl groups is 3. The van der Waals surface area contributed by atoms with E-state index in [2.05, 4.69) is 5.32 Å². The highest BCUT2D eigenvalue weighted by molar-refractivity contribution is 5.94. The van der Waals surface area contributed by atoms with Crippen molar-refractivity contribution in [2.45, 2.75) is 19.3 Å². The van der Waals surface area contributed by atoms with Crippen LogP contribution in [0.3, 0.4) is 0 Å². The lowest BCUT2D eigenvalue weighted by Crippen LogP contribution is -2.26. The Labute approximate surface area is 185 Å². The summed E-state index contributed by atoms with van der Waals surface area (Å²) < 4.78 is 7.40. The molecule has 8 nitrogen and oxygen atoms in total. The van der Waals surface area contributed by atoms with Crippen LogP contribution < -0.4 is 15.5 Å². The minimum absolute atomic E-state index is 0.00192. The zero-order valence-electron chi connectivity index (χ0n) is 17.5. The predicted molar refractivity (Wildman–Crippen MR) is 118 cm³/mol. The third-order valence-corrected chi connectivity index (χ3v) is 4.88. The van der Waals surface area contributed by atoms with Crippen LogP contribution in [-0.2, 0) is 13.2 Å². The Kier molecular flexibility index (Phi) is 8.15. The molecule has 0 radical (unpaired) electrons. The van der Waals surface area contributed by atoms with Gasteiger partial charge in [0.1, 0.15) is 12.7 Å². The Hall–Kier alpha value is -3.46. The van der Waals surface area contributed by atoms with Crippen LogP contribution in [0.5, 0.6) is 5.75 Å². The summed E-state index contributed by atoms with van der Waals surface area (Å²) >= 11 is 0. The number of pyridine rings is 1. The van der Waals surface area contributed by atoms with Gasteiger partial charge in [-0.2, -0.15) is 0 Å². The normalized spacial score (nSPS) is 11.7. The summed E-state index contributed by atoms with van der Waals surface area (Å²) in [7, 11) is 0. The highest BCUT2D eigenvalue weighted by Gasteiger charge is 2.22. The molecule has 3 rings (SSSR count). The number of amides is 1. The van der Waals surface area contributed by atoms with E-state index in [1.807, 2.05) is 30.3 Å². The van der Waals surface area contributed by atoms with Crippen molar-refractivity contribution in [2.75, 3.05) is 19.8 Å². The Balaban J connectivity index is 1.92. The van der Waals surface area contributed by atoms with Crippen molar-refractivity contribution in [3.05, 3.63) is 99.5 Å². The molecule has 0 saturated carbocycles. The largest absolute Gasteiger partial charge is 0.483 e. The zero-order chi connectivity index (χ0) is 22.9. The van der Waals surface area contributed by atoms with Crippen molar-refractivity contribution in [3.63, 3.8) is 0 Å². The third-order valence-electron chi connectivity index (χ3n) is 4.88. The summed E-state index contributed by atoms with van der Waals surface area (Å²) in [5.74, 6) is -0.342. The quantitative estimate of drug-likeness (QED) is 0.378. The summed E-state index contributed by atoms with van der Waals surface area (Å²) in [6.07, 6.45) is 0.277. The average Bonchev–Trinajstić information content (AvgIpc) is 2.83. The van der Waals surface area contributed by atoms with Gasteiger partial charge in [0.15, 0.2) is 5.75 Å². The van der Waals surface area contributed by atoms with Crippen LogP contribution in [0.15, 0.2) is 71.7 Å². The molecule has 1 heterocycles. The summed E-state index contributed by atoms with van der Waals surface area (Å²) in [5.41, 5.74) is 1.52. The molecule has 0 spiro atoms. The van der Waals surface area contributed by atoms with Gasteiger partial charge in [-0.05, 0) is 23.3 Å². The molecule has 0 aliphatic heterocycles. The van der Waals surface area contributed by atoms with E-state index >= 15 is 0 Å². The van der Waals surface area contributed by atoms with Crippen LogP contribution in [0, 0.1) is 0 Å². The first-order chi connectivity index (χ1) is 15.5. The molecule has 8 heteroatoms. The first-order valence-electron chi connectivity index (χ1n) is 10.2. The second-order valence-electron chi connectivity index (χ2n) is 7.09. The highest BCUT2D eigenvalue weighted by Crippen LogP contribution is 2.28. The second-order valence-corrected chi connectivity index (χ2v) is 7.09. The fourth-order valence-electron chi connectivity index (χ4n) is 3.28. The van der Waals surface area contributed by atoms with E-state index in [0.29, 0.717) is 11.1 Å². The maximum absolute atomic E-state index is 12.6. The molecule has 3 aromatic rings. The topological polar surface area (TPSA) is 121 Å². The number of hydrogen-bond donors (Lipinski definition) is 4. The smallest absolute Gasteiger partial charge is 0.251 e. The lowest BCUT2D eigenvalue weighted by atomic mass is 10.0. The number of carbonyl (C=O) groups excluding carboxylic acids is 1. The summed E-state index contributed by atoms with van der Waals surface area (Å²) in [6.45, 7) is 0.0943. The van der Waals surface area contributed by atoms with E-state index in [0.717, 1.165) is 5.56 Å². The number of aromatic nitrogens is 1. The van der Waals surface area contributed by atoms with Crippen LogP contribution in [0.4, 0.5) is 0 Å². The van der Waals surface area contributed by atoms with Crippen LogP contribution >= 0.6 is 0 Å². The van der Waals surface area contributed by atoms with Gasteiger partial charge >= 0.3 is 0 Å². The van der Waals surface area contributed by atoms with Crippen LogP contribution in [-0.4, -0.2) is 45.6 Å². The standard InChI is InChI=1S/C24H26N2O6/c27-14-11-25-24(31)19-8-6-18(7-9-19)22(30)21-23(20(29)10-12-26(21)13-15-28)32-16-17-4-2-1-3-5-17/h1-10,12,22,27-28,30H,11,13-16H2,(H,25,31). The molecule has 168 valence electrons. The van der Waals surface area contributed by atoms with Crippen molar-refractivity contribution in [2.24, 2.45) is 0 Å². The minimum Gasteiger partial charge on any atom is -0.483 e. The molecule has 0 aliphatic carbocycles. The lowest BCUT2D eigenvalue weighted by Gasteiger charge is -2.21. The molecular weight excluding hydrogens is 412 g/mol. The molecule has 0 saturated heterocycles. The molecule has 0 bridgehead atoms. The zero-order valence-corrected chi connectivity index (χ0v) is 17.5. The number of nitrogens with one attached hydrogen (secondary N) is 1. The fraction of sp³-hybridized carbons (Fsp3) is 0.250. The van der Waals surface area contributed by atoms with E-state index in [4.69, 9.17) is 9.84 Å². The van der Waals surface area contributed by atoms with E-state index in [1.165, 1.54) is 12.3 Å². The lowest BCUT2D eigenvalue weighted by molar-refractivity contribution is 0.0944. The Morgan fingerprint density at radius 3 is 2.38 bits per heavy atom. The van der Waals surface area contributed by atoms with Crippen LogP contribution in [0.2, 0.25) is 0 Å². The number of ether oxygens (including phenoxy) is 1. The van der Waals surface area contributed by atoms with Crippen LogP contribution in [0.25, 0.3) is 0 Å². The van der Waals surface area contributed by atoms with Gasteiger partial charge in [0.2, 0.25) is 5.43 Å². The maximum Gasteiger partial charge on any atom is 0.251 e. The highest BCUT2D eigenvalue weighted by atomic mass is 16.5. The number of benzene rings is 2. The van der Waals surface area contributed by atoms with E-state index in [1.54, 1.807) is 28.8 Å². The molecular formula is C24H26N2O6. The monoisotopic (exact) mass is 438 g/mol. The number of carbonyl (C=O) groups is 1. The van der Waals surface area contributed by atoms with E-state index < -0.39 is 6.10 Å². The van der Waals surface area contributed by atoms with Gasteiger partial charge < -0.3 is 29.9 Å². The third kappa shape index (κ3) is 5.61. The second kappa shape index (κ2) is 11.2. The van der Waals surface area contributed by atoms with Gasteiger partial charge in [-0.3, -0.25) is 9.59 Å². The molecule has 0 aliphatic rings. The van der Waals surface area contributed by atoms with Crippen LogP contribution in [0.1, 0.15) is 33.3 Å². The van der Waals surface area contributed by atoms with Crippen molar-refractivity contribution in [3.8, 4) is 5.75 Å². The first-order valence-corrected chi connectivity index (χ1v) is 10.2. The molecule has 1 atom stereocenters. The summed E-state index contributed by atoms with van der Waals surface area (Å²) in [6, 6.07) is 16.9. The fourth-order valence-corrected chi connectivity index (χ4v) is 3.28. The summed E-state index contributed by atoms with van der Waals surface area (Å²) in [5, 5.41) is 32.0. The van der Waals surface area contributed by atoms with Gasteiger partial charge in [0.05, 0.1) is 18.9 Å². The Bertz CT molecular complexity index is 1080. The van der Waals surface area contributed by atoms with E-state index in [-0.39, 0.29) is 55.7 Å². The molecule has 2 aromatic carbocycles. The number of nitrogens with zero attached hydrogens (tertiary/aromatic N) is 1. The molecule has 4 N–H and O–H groups in total. The van der Waals surface area contributed by atoms with Crippen molar-refractivity contribution in [1.82, 2.24) is 9.88 Å².